The summed E-state index contributed by atoms with van der Waals surface area (Å²) in [5.41, 5.74) is 0. The lowest BCUT2D eigenvalue weighted by molar-refractivity contribution is -0.321. The normalized spacial score (nSPS) is 14.6. The van der Waals surface area contributed by atoms with E-state index in [4.69, 9.17) is 0 Å². The predicted octanol–water partition coefficient (Wildman–Crippen LogP) is 1.65. The SMILES string of the molecule is CNC(CCOC(C(F)(F)F)C(F)(F)F)C(=O)OC. The average Bonchev–Trinajstić information content (AvgIpc) is 2.24. The van der Waals surface area contributed by atoms with Crippen LogP contribution in [0, 0.1) is 0 Å². The Morgan fingerprint density at radius 2 is 1.63 bits per heavy atom. The third-order valence-corrected chi connectivity index (χ3v) is 2.12. The number of esters is 1. The maximum atomic E-state index is 12.1. The minimum absolute atomic E-state index is 0.383. The zero-order valence-electron chi connectivity index (χ0n) is 10.1. The Labute approximate surface area is 105 Å². The van der Waals surface area contributed by atoms with E-state index < -0.39 is 37.1 Å². The highest BCUT2D eigenvalue weighted by Gasteiger charge is 2.57. The Morgan fingerprint density at radius 1 is 1.16 bits per heavy atom. The summed E-state index contributed by atoms with van der Waals surface area (Å²) in [6, 6.07) is -1.04. The second kappa shape index (κ2) is 6.94. The number of rotatable bonds is 6. The molecule has 0 amide bonds. The van der Waals surface area contributed by atoms with E-state index in [1.54, 1.807) is 0 Å². The van der Waals surface area contributed by atoms with Gasteiger partial charge in [-0.3, -0.25) is 4.79 Å². The molecule has 0 saturated heterocycles. The fraction of sp³-hybridized carbons (Fsp3) is 0.889. The van der Waals surface area contributed by atoms with Crippen LogP contribution in [0.5, 0.6) is 0 Å². The van der Waals surface area contributed by atoms with Crippen LogP contribution in [0.3, 0.4) is 0 Å². The van der Waals surface area contributed by atoms with Crippen molar-refractivity contribution in [1.29, 1.82) is 0 Å². The fourth-order valence-electron chi connectivity index (χ4n) is 1.20. The van der Waals surface area contributed by atoms with Crippen molar-refractivity contribution in [2.45, 2.75) is 30.9 Å². The average molecular weight is 297 g/mol. The molecule has 1 N–H and O–H groups in total. The predicted molar refractivity (Wildman–Crippen MR) is 51.3 cm³/mol. The Balaban J connectivity index is 4.47. The molecule has 1 unspecified atom stereocenters. The van der Waals surface area contributed by atoms with E-state index in [-0.39, 0.29) is 6.42 Å². The van der Waals surface area contributed by atoms with Crippen LogP contribution in [-0.2, 0) is 14.3 Å². The van der Waals surface area contributed by atoms with Gasteiger partial charge in [0.2, 0.25) is 6.10 Å². The molecule has 0 aromatic heterocycles. The van der Waals surface area contributed by atoms with E-state index in [0.717, 1.165) is 7.11 Å². The molecule has 0 spiro atoms. The molecule has 114 valence electrons. The lowest BCUT2D eigenvalue weighted by Gasteiger charge is -2.23. The number of likely N-dealkylation sites (N-methyl/N-ethyl adjacent to an activating group) is 1. The Hall–Kier alpha value is -1.03. The summed E-state index contributed by atoms with van der Waals surface area (Å²) in [7, 11) is 2.36. The second-order valence-corrected chi connectivity index (χ2v) is 3.49. The summed E-state index contributed by atoms with van der Waals surface area (Å²) in [5.74, 6) is -0.804. The highest BCUT2D eigenvalue weighted by Crippen LogP contribution is 2.35. The smallest absolute Gasteiger partial charge is 0.423 e. The fourth-order valence-corrected chi connectivity index (χ4v) is 1.20. The first kappa shape index (κ1) is 18.0. The molecule has 0 heterocycles. The quantitative estimate of drug-likeness (QED) is 0.598. The molecule has 19 heavy (non-hydrogen) atoms. The Bertz CT molecular complexity index is 277. The number of hydrogen-bond acceptors (Lipinski definition) is 4. The molecule has 0 aromatic carbocycles. The standard InChI is InChI=1S/C9H13F6NO3/c1-16-5(6(17)18-2)3-4-19-7(8(10,11)12)9(13,14)15/h5,7,16H,3-4H2,1-2H3. The zero-order valence-corrected chi connectivity index (χ0v) is 10.1. The number of alkyl halides is 6. The van der Waals surface area contributed by atoms with Crippen molar-refractivity contribution in [1.82, 2.24) is 5.32 Å². The molecule has 1 atom stereocenters. The van der Waals surface area contributed by atoms with Gasteiger partial charge in [0.15, 0.2) is 0 Å². The van der Waals surface area contributed by atoms with Crippen LogP contribution in [0.15, 0.2) is 0 Å². The van der Waals surface area contributed by atoms with Gasteiger partial charge < -0.3 is 14.8 Å². The van der Waals surface area contributed by atoms with Crippen LogP contribution >= 0.6 is 0 Å². The summed E-state index contributed by atoms with van der Waals surface area (Å²) in [4.78, 5) is 11.0. The first-order valence-corrected chi connectivity index (χ1v) is 5.04. The van der Waals surface area contributed by atoms with E-state index in [1.807, 2.05) is 0 Å². The molecule has 0 radical (unpaired) electrons. The van der Waals surface area contributed by atoms with E-state index in [1.165, 1.54) is 7.05 Å². The maximum Gasteiger partial charge on any atom is 0.423 e. The topological polar surface area (TPSA) is 47.6 Å². The van der Waals surface area contributed by atoms with Gasteiger partial charge in [0, 0.05) is 6.61 Å². The molecule has 0 saturated carbocycles. The van der Waals surface area contributed by atoms with Crippen LogP contribution < -0.4 is 5.32 Å². The van der Waals surface area contributed by atoms with E-state index in [9.17, 15) is 31.1 Å². The summed E-state index contributed by atoms with van der Waals surface area (Å²) < 4.78 is 80.7. The second-order valence-electron chi connectivity index (χ2n) is 3.49. The van der Waals surface area contributed by atoms with Gasteiger partial charge in [-0.15, -0.1) is 0 Å². The number of carbonyl (C=O) groups excluding carboxylic acids is 1. The van der Waals surface area contributed by atoms with Crippen molar-refractivity contribution in [2.24, 2.45) is 0 Å². The minimum atomic E-state index is -5.56. The van der Waals surface area contributed by atoms with Gasteiger partial charge in [0.1, 0.15) is 6.04 Å². The number of nitrogens with one attached hydrogen (secondary N) is 1. The van der Waals surface area contributed by atoms with Crippen LogP contribution in [0.25, 0.3) is 0 Å². The summed E-state index contributed by atoms with van der Waals surface area (Å²) >= 11 is 0. The Kier molecular flexibility index (Phi) is 6.57. The third kappa shape index (κ3) is 6.10. The number of carbonyl (C=O) groups is 1. The van der Waals surface area contributed by atoms with Crippen LogP contribution in [0.4, 0.5) is 26.3 Å². The molecule has 0 aliphatic rings. The highest BCUT2D eigenvalue weighted by molar-refractivity contribution is 5.75. The van der Waals surface area contributed by atoms with Crippen molar-refractivity contribution in [3.05, 3.63) is 0 Å². The molecule has 0 aromatic rings. The van der Waals surface area contributed by atoms with Crippen LogP contribution in [0.1, 0.15) is 6.42 Å². The first-order chi connectivity index (χ1) is 8.54. The minimum Gasteiger partial charge on any atom is -0.468 e. The molecule has 0 rings (SSSR count). The largest absolute Gasteiger partial charge is 0.468 e. The maximum absolute atomic E-state index is 12.1. The number of hydrogen-bond donors (Lipinski definition) is 1. The summed E-state index contributed by atoms with van der Waals surface area (Å²) in [5, 5.41) is 2.39. The first-order valence-electron chi connectivity index (χ1n) is 5.04. The zero-order chi connectivity index (χ0) is 15.3. The highest BCUT2D eigenvalue weighted by atomic mass is 19.4. The number of methoxy groups -OCH3 is 1. The van der Waals surface area contributed by atoms with Crippen LogP contribution in [-0.4, -0.2) is 51.2 Å². The van der Waals surface area contributed by atoms with Gasteiger partial charge >= 0.3 is 18.3 Å². The summed E-state index contributed by atoms with van der Waals surface area (Å²) in [6.07, 6.45) is -15.4. The van der Waals surface area contributed by atoms with Gasteiger partial charge in [0.05, 0.1) is 7.11 Å². The van der Waals surface area contributed by atoms with Crippen LogP contribution in [0.2, 0.25) is 0 Å². The van der Waals surface area contributed by atoms with Crippen molar-refractivity contribution >= 4 is 5.97 Å². The molecular weight excluding hydrogens is 284 g/mol. The summed E-state index contributed by atoms with van der Waals surface area (Å²) in [6.45, 7) is -0.899. The molecular formula is C9H13F6NO3. The molecule has 4 nitrogen and oxygen atoms in total. The molecule has 10 heteroatoms. The number of halogens is 6. The van der Waals surface area contributed by atoms with E-state index >= 15 is 0 Å². The van der Waals surface area contributed by atoms with Gasteiger partial charge in [-0.25, -0.2) is 0 Å². The lowest BCUT2D eigenvalue weighted by Crippen LogP contribution is -2.45. The van der Waals surface area contributed by atoms with Crippen molar-refractivity contribution in [3.8, 4) is 0 Å². The molecule has 0 aliphatic carbocycles. The van der Waals surface area contributed by atoms with Crippen molar-refractivity contribution in [3.63, 3.8) is 0 Å². The third-order valence-electron chi connectivity index (χ3n) is 2.12. The molecule has 0 bridgehead atoms. The van der Waals surface area contributed by atoms with E-state index in [2.05, 4.69) is 14.8 Å². The van der Waals surface area contributed by atoms with Crippen molar-refractivity contribution in [2.75, 3.05) is 20.8 Å². The van der Waals surface area contributed by atoms with E-state index in [0.29, 0.717) is 0 Å². The Morgan fingerprint density at radius 3 is 1.95 bits per heavy atom. The van der Waals surface area contributed by atoms with Crippen molar-refractivity contribution < 1.29 is 40.6 Å². The van der Waals surface area contributed by atoms with Gasteiger partial charge in [-0.1, -0.05) is 0 Å². The monoisotopic (exact) mass is 297 g/mol. The van der Waals surface area contributed by atoms with Gasteiger partial charge in [-0.05, 0) is 13.5 Å². The molecule has 0 aliphatic heterocycles. The molecule has 0 fully saturated rings. The lowest BCUT2D eigenvalue weighted by atomic mass is 10.2. The number of ether oxygens (including phenoxy) is 2. The van der Waals surface area contributed by atoms with Gasteiger partial charge in [-0.2, -0.15) is 26.3 Å². The van der Waals surface area contributed by atoms with Gasteiger partial charge in [0.25, 0.3) is 0 Å².